The Hall–Kier alpha value is -2.24. The van der Waals surface area contributed by atoms with Crippen LogP contribution in [-0.2, 0) is 6.54 Å². The lowest BCUT2D eigenvalue weighted by molar-refractivity contribution is 0.232. The van der Waals surface area contributed by atoms with Crippen LogP contribution >= 0.6 is 0 Å². The number of benzene rings is 1. The highest BCUT2D eigenvalue weighted by molar-refractivity contribution is 5.75. The SMILES string of the molecule is O=C(NCCCn1c(=O)[nH]c2ccccc21)NC1CCCCC1. The first kappa shape index (κ1) is 15.6. The van der Waals surface area contributed by atoms with Gasteiger partial charge in [0.15, 0.2) is 0 Å². The summed E-state index contributed by atoms with van der Waals surface area (Å²) in [6.07, 6.45) is 6.57. The molecule has 0 bridgehead atoms. The predicted molar refractivity (Wildman–Crippen MR) is 90.6 cm³/mol. The van der Waals surface area contributed by atoms with Crippen LogP contribution in [0.4, 0.5) is 4.79 Å². The Kier molecular flexibility index (Phi) is 5.00. The molecule has 1 aromatic carbocycles. The van der Waals surface area contributed by atoms with Crippen molar-refractivity contribution in [2.75, 3.05) is 6.54 Å². The minimum absolute atomic E-state index is 0.0943. The topological polar surface area (TPSA) is 78.9 Å². The molecule has 1 saturated carbocycles. The summed E-state index contributed by atoms with van der Waals surface area (Å²) < 4.78 is 1.72. The highest BCUT2D eigenvalue weighted by Crippen LogP contribution is 2.17. The maximum absolute atomic E-state index is 11.9. The zero-order valence-corrected chi connectivity index (χ0v) is 13.3. The molecule has 1 aliphatic rings. The largest absolute Gasteiger partial charge is 0.338 e. The van der Waals surface area contributed by atoms with Crippen molar-refractivity contribution in [3.8, 4) is 0 Å². The quantitative estimate of drug-likeness (QED) is 0.740. The number of aromatic nitrogens is 2. The molecule has 0 unspecified atom stereocenters. The third kappa shape index (κ3) is 3.94. The van der Waals surface area contributed by atoms with Crippen molar-refractivity contribution in [3.63, 3.8) is 0 Å². The number of para-hydroxylation sites is 2. The summed E-state index contributed by atoms with van der Waals surface area (Å²) in [4.78, 5) is 26.6. The molecule has 3 rings (SSSR count). The van der Waals surface area contributed by atoms with Crippen molar-refractivity contribution in [2.24, 2.45) is 0 Å². The number of nitrogens with zero attached hydrogens (tertiary/aromatic N) is 1. The summed E-state index contributed by atoms with van der Waals surface area (Å²) in [5.74, 6) is 0. The van der Waals surface area contributed by atoms with Crippen LogP contribution in [0.25, 0.3) is 11.0 Å². The summed E-state index contributed by atoms with van der Waals surface area (Å²) in [5.41, 5.74) is 1.66. The van der Waals surface area contributed by atoms with E-state index in [4.69, 9.17) is 0 Å². The molecule has 1 aliphatic carbocycles. The fraction of sp³-hybridized carbons (Fsp3) is 0.529. The number of fused-ring (bicyclic) bond motifs is 1. The monoisotopic (exact) mass is 316 g/mol. The van der Waals surface area contributed by atoms with Gasteiger partial charge in [0.05, 0.1) is 11.0 Å². The summed E-state index contributed by atoms with van der Waals surface area (Å²) in [7, 11) is 0. The van der Waals surface area contributed by atoms with Gasteiger partial charge < -0.3 is 15.6 Å². The van der Waals surface area contributed by atoms with E-state index in [0.29, 0.717) is 19.1 Å². The Morgan fingerprint density at radius 2 is 2.00 bits per heavy atom. The van der Waals surface area contributed by atoms with Gasteiger partial charge in [-0.05, 0) is 31.4 Å². The molecule has 0 spiro atoms. The number of aromatic amines is 1. The van der Waals surface area contributed by atoms with E-state index >= 15 is 0 Å². The molecular weight excluding hydrogens is 292 g/mol. The second-order valence-corrected chi connectivity index (χ2v) is 6.19. The van der Waals surface area contributed by atoms with E-state index in [1.165, 1.54) is 19.3 Å². The third-order valence-electron chi connectivity index (χ3n) is 4.47. The van der Waals surface area contributed by atoms with Crippen LogP contribution in [0.5, 0.6) is 0 Å². The lowest BCUT2D eigenvalue weighted by Gasteiger charge is -2.22. The molecule has 1 fully saturated rings. The number of aryl methyl sites for hydroxylation is 1. The molecule has 0 radical (unpaired) electrons. The van der Waals surface area contributed by atoms with Gasteiger partial charge in [0.2, 0.25) is 0 Å². The molecule has 2 aromatic rings. The van der Waals surface area contributed by atoms with E-state index < -0.39 is 0 Å². The molecule has 3 N–H and O–H groups in total. The lowest BCUT2D eigenvalue weighted by Crippen LogP contribution is -2.43. The summed E-state index contributed by atoms with van der Waals surface area (Å²) in [5, 5.41) is 5.91. The molecular formula is C17H24N4O2. The molecule has 0 saturated heterocycles. The first-order chi connectivity index (χ1) is 11.2. The Balaban J connectivity index is 1.45. The van der Waals surface area contributed by atoms with Crippen molar-refractivity contribution in [1.82, 2.24) is 20.2 Å². The Morgan fingerprint density at radius 3 is 2.83 bits per heavy atom. The van der Waals surface area contributed by atoms with E-state index in [-0.39, 0.29) is 11.7 Å². The zero-order valence-electron chi connectivity index (χ0n) is 13.3. The van der Waals surface area contributed by atoms with Gasteiger partial charge in [-0.1, -0.05) is 31.4 Å². The average molecular weight is 316 g/mol. The molecule has 1 aromatic heterocycles. The number of amides is 2. The third-order valence-corrected chi connectivity index (χ3v) is 4.47. The Bertz CT molecular complexity index is 713. The van der Waals surface area contributed by atoms with Gasteiger partial charge in [-0.15, -0.1) is 0 Å². The van der Waals surface area contributed by atoms with Gasteiger partial charge in [-0.2, -0.15) is 0 Å². The molecule has 6 nitrogen and oxygen atoms in total. The average Bonchev–Trinajstić information content (AvgIpc) is 2.88. The van der Waals surface area contributed by atoms with Crippen LogP contribution in [0, 0.1) is 0 Å². The van der Waals surface area contributed by atoms with Crippen LogP contribution in [0.2, 0.25) is 0 Å². The van der Waals surface area contributed by atoms with Gasteiger partial charge in [0.1, 0.15) is 0 Å². The van der Waals surface area contributed by atoms with Crippen molar-refractivity contribution < 1.29 is 4.79 Å². The molecule has 124 valence electrons. The second kappa shape index (κ2) is 7.35. The van der Waals surface area contributed by atoms with Crippen molar-refractivity contribution in [2.45, 2.75) is 51.1 Å². The van der Waals surface area contributed by atoms with Gasteiger partial charge in [0, 0.05) is 19.1 Å². The highest BCUT2D eigenvalue weighted by atomic mass is 16.2. The lowest BCUT2D eigenvalue weighted by atomic mass is 9.96. The van der Waals surface area contributed by atoms with Crippen LogP contribution in [0.15, 0.2) is 29.1 Å². The van der Waals surface area contributed by atoms with Crippen LogP contribution in [-0.4, -0.2) is 28.2 Å². The normalized spacial score (nSPS) is 15.7. The highest BCUT2D eigenvalue weighted by Gasteiger charge is 2.15. The van der Waals surface area contributed by atoms with Gasteiger partial charge >= 0.3 is 11.7 Å². The molecule has 0 aliphatic heterocycles. The van der Waals surface area contributed by atoms with Crippen molar-refractivity contribution >= 4 is 17.1 Å². The van der Waals surface area contributed by atoms with E-state index in [0.717, 1.165) is 30.3 Å². The minimum Gasteiger partial charge on any atom is -0.338 e. The maximum Gasteiger partial charge on any atom is 0.326 e. The number of carbonyl (C=O) groups is 1. The number of H-pyrrole nitrogens is 1. The van der Waals surface area contributed by atoms with E-state index in [9.17, 15) is 9.59 Å². The number of nitrogens with one attached hydrogen (secondary N) is 3. The first-order valence-corrected chi connectivity index (χ1v) is 8.46. The van der Waals surface area contributed by atoms with Crippen molar-refractivity contribution in [3.05, 3.63) is 34.7 Å². The number of carbonyl (C=O) groups excluding carboxylic acids is 1. The molecule has 2 amide bonds. The molecule has 6 heteroatoms. The number of rotatable bonds is 5. The minimum atomic E-state index is -0.0992. The number of urea groups is 1. The predicted octanol–water partition coefficient (Wildman–Crippen LogP) is 2.35. The van der Waals surface area contributed by atoms with Crippen molar-refractivity contribution in [1.29, 1.82) is 0 Å². The van der Waals surface area contributed by atoms with E-state index in [2.05, 4.69) is 15.6 Å². The second-order valence-electron chi connectivity index (χ2n) is 6.19. The molecule has 1 heterocycles. The Morgan fingerprint density at radius 1 is 1.22 bits per heavy atom. The Labute approximate surface area is 135 Å². The number of hydrogen-bond acceptors (Lipinski definition) is 2. The van der Waals surface area contributed by atoms with E-state index in [1.807, 2.05) is 24.3 Å². The fourth-order valence-electron chi connectivity index (χ4n) is 3.25. The van der Waals surface area contributed by atoms with E-state index in [1.54, 1.807) is 4.57 Å². The smallest absolute Gasteiger partial charge is 0.326 e. The summed E-state index contributed by atoms with van der Waals surface area (Å²) in [6, 6.07) is 7.87. The van der Waals surface area contributed by atoms with Crippen LogP contribution in [0.1, 0.15) is 38.5 Å². The number of hydrogen-bond donors (Lipinski definition) is 3. The van der Waals surface area contributed by atoms with Crippen LogP contribution < -0.4 is 16.3 Å². The summed E-state index contributed by atoms with van der Waals surface area (Å²) in [6.45, 7) is 1.15. The fourth-order valence-corrected chi connectivity index (χ4v) is 3.25. The summed E-state index contributed by atoms with van der Waals surface area (Å²) >= 11 is 0. The zero-order chi connectivity index (χ0) is 16.1. The maximum atomic E-state index is 11.9. The van der Waals surface area contributed by atoms with Gasteiger partial charge in [-0.3, -0.25) is 4.57 Å². The van der Waals surface area contributed by atoms with Crippen LogP contribution in [0.3, 0.4) is 0 Å². The molecule has 0 atom stereocenters. The van der Waals surface area contributed by atoms with Gasteiger partial charge in [-0.25, -0.2) is 9.59 Å². The standard InChI is InChI=1S/C17H24N4O2/c22-16(19-13-7-2-1-3-8-13)18-11-6-12-21-15-10-5-4-9-14(15)20-17(21)23/h4-5,9-10,13H,1-3,6-8,11-12H2,(H,20,23)(H2,18,19,22). The molecule has 23 heavy (non-hydrogen) atoms. The van der Waals surface area contributed by atoms with Gasteiger partial charge in [0.25, 0.3) is 0 Å². The number of imidazole rings is 1. The first-order valence-electron chi connectivity index (χ1n) is 8.46.